The second-order valence-electron chi connectivity index (χ2n) is 3.52. The summed E-state index contributed by atoms with van der Waals surface area (Å²) < 4.78 is 1.06. The number of carbonyl (C=O) groups is 1. The molecule has 0 aliphatic rings. The Morgan fingerprint density at radius 2 is 2.21 bits per heavy atom. The van der Waals surface area contributed by atoms with Gasteiger partial charge in [-0.25, -0.2) is 9.48 Å². The van der Waals surface area contributed by atoms with Gasteiger partial charge in [-0.1, -0.05) is 0 Å². The van der Waals surface area contributed by atoms with Crippen molar-refractivity contribution in [2.24, 2.45) is 0 Å². The number of nitriles is 1. The topological polar surface area (TPSA) is 122 Å². The van der Waals surface area contributed by atoms with Gasteiger partial charge in [-0.3, -0.25) is 10.1 Å². The van der Waals surface area contributed by atoms with Gasteiger partial charge in [0.05, 0.1) is 16.6 Å². The second kappa shape index (κ2) is 4.58. The SMILES string of the molecule is N#Cc1ccc([N+](=O)[O-])c(-n2ccc(C(=O)O)n2)c1. The highest BCUT2D eigenvalue weighted by molar-refractivity contribution is 5.85. The number of hydrogen-bond donors (Lipinski definition) is 1. The summed E-state index contributed by atoms with van der Waals surface area (Å²) in [4.78, 5) is 21.0. The van der Waals surface area contributed by atoms with Crippen LogP contribution in [0.15, 0.2) is 30.5 Å². The molecule has 1 heterocycles. The summed E-state index contributed by atoms with van der Waals surface area (Å²) >= 11 is 0. The summed E-state index contributed by atoms with van der Waals surface area (Å²) in [6.07, 6.45) is 1.28. The number of aromatic carboxylic acids is 1. The van der Waals surface area contributed by atoms with Crippen LogP contribution < -0.4 is 0 Å². The standard InChI is InChI=1S/C11H6N4O4/c12-6-7-1-2-9(15(18)19)10(5-7)14-4-3-8(13-14)11(16)17/h1-5H,(H,16,17). The molecule has 2 rings (SSSR count). The fourth-order valence-electron chi connectivity index (χ4n) is 1.50. The van der Waals surface area contributed by atoms with E-state index in [0.717, 1.165) is 4.68 Å². The minimum absolute atomic E-state index is 0.0385. The van der Waals surface area contributed by atoms with Gasteiger partial charge in [0.25, 0.3) is 5.69 Å². The maximum absolute atomic E-state index is 10.9. The molecule has 0 amide bonds. The van der Waals surface area contributed by atoms with Gasteiger partial charge >= 0.3 is 5.97 Å². The Hall–Kier alpha value is -3.21. The van der Waals surface area contributed by atoms with Crippen LogP contribution in [0.1, 0.15) is 16.1 Å². The zero-order chi connectivity index (χ0) is 14.0. The first-order chi connectivity index (χ1) is 9.02. The van der Waals surface area contributed by atoms with E-state index in [1.54, 1.807) is 0 Å². The van der Waals surface area contributed by atoms with Crippen molar-refractivity contribution in [1.29, 1.82) is 5.26 Å². The Kier molecular flexibility index (Phi) is 2.95. The van der Waals surface area contributed by atoms with Crippen molar-refractivity contribution in [3.05, 3.63) is 51.8 Å². The molecule has 1 aromatic heterocycles. The molecule has 0 aliphatic carbocycles. The number of hydrogen-bond acceptors (Lipinski definition) is 5. The Bertz CT molecular complexity index is 714. The monoisotopic (exact) mass is 258 g/mol. The van der Waals surface area contributed by atoms with E-state index in [4.69, 9.17) is 10.4 Å². The lowest BCUT2D eigenvalue weighted by atomic mass is 10.2. The highest BCUT2D eigenvalue weighted by Gasteiger charge is 2.18. The van der Waals surface area contributed by atoms with Crippen molar-refractivity contribution in [1.82, 2.24) is 9.78 Å². The van der Waals surface area contributed by atoms with Crippen LogP contribution in [0.3, 0.4) is 0 Å². The van der Waals surface area contributed by atoms with Crippen molar-refractivity contribution < 1.29 is 14.8 Å². The molecule has 0 spiro atoms. The Morgan fingerprint density at radius 3 is 2.74 bits per heavy atom. The predicted molar refractivity (Wildman–Crippen MR) is 61.9 cm³/mol. The molecule has 1 N–H and O–H groups in total. The van der Waals surface area contributed by atoms with E-state index >= 15 is 0 Å². The third-order valence-electron chi connectivity index (χ3n) is 2.36. The number of benzene rings is 1. The van der Waals surface area contributed by atoms with Crippen LogP contribution in [-0.4, -0.2) is 25.8 Å². The van der Waals surface area contributed by atoms with Crippen molar-refractivity contribution >= 4 is 11.7 Å². The van der Waals surface area contributed by atoms with Crippen molar-refractivity contribution in [2.45, 2.75) is 0 Å². The van der Waals surface area contributed by atoms with E-state index in [1.165, 1.54) is 30.5 Å². The average Bonchev–Trinajstić information content (AvgIpc) is 2.87. The van der Waals surface area contributed by atoms with E-state index < -0.39 is 10.9 Å². The fraction of sp³-hybridized carbons (Fsp3) is 0. The van der Waals surface area contributed by atoms with Gasteiger partial charge in [0.1, 0.15) is 5.69 Å². The number of carboxylic acid groups (broad SMARTS) is 1. The van der Waals surface area contributed by atoms with Gasteiger partial charge in [0.15, 0.2) is 5.69 Å². The van der Waals surface area contributed by atoms with E-state index in [1.807, 2.05) is 6.07 Å². The lowest BCUT2D eigenvalue weighted by molar-refractivity contribution is -0.384. The van der Waals surface area contributed by atoms with E-state index in [0.29, 0.717) is 0 Å². The van der Waals surface area contributed by atoms with Gasteiger partial charge in [-0.15, -0.1) is 0 Å². The summed E-state index contributed by atoms with van der Waals surface area (Å²) in [5.74, 6) is -1.24. The second-order valence-corrected chi connectivity index (χ2v) is 3.52. The number of nitro benzene ring substituents is 1. The molecular formula is C11H6N4O4. The molecule has 0 saturated carbocycles. The van der Waals surface area contributed by atoms with E-state index in [-0.39, 0.29) is 22.6 Å². The summed E-state index contributed by atoms with van der Waals surface area (Å²) in [6, 6.07) is 6.83. The number of nitrogens with zero attached hydrogens (tertiary/aromatic N) is 4. The summed E-state index contributed by atoms with van der Waals surface area (Å²) in [5.41, 5.74) is -0.250. The first kappa shape index (κ1) is 12.3. The Labute approximate surface area is 106 Å². The zero-order valence-corrected chi connectivity index (χ0v) is 9.35. The largest absolute Gasteiger partial charge is 0.476 e. The Balaban J connectivity index is 2.61. The van der Waals surface area contributed by atoms with E-state index in [2.05, 4.69) is 5.10 Å². The minimum atomic E-state index is -1.24. The van der Waals surface area contributed by atoms with Crippen LogP contribution in [0.5, 0.6) is 0 Å². The van der Waals surface area contributed by atoms with Crippen LogP contribution in [0, 0.1) is 21.4 Å². The smallest absolute Gasteiger partial charge is 0.356 e. The van der Waals surface area contributed by atoms with Crippen molar-refractivity contribution in [3.8, 4) is 11.8 Å². The molecule has 0 fully saturated rings. The third kappa shape index (κ3) is 2.25. The normalized spacial score (nSPS) is 9.84. The van der Waals surface area contributed by atoms with Crippen LogP contribution in [0.2, 0.25) is 0 Å². The first-order valence-corrected chi connectivity index (χ1v) is 5.01. The third-order valence-corrected chi connectivity index (χ3v) is 2.36. The molecule has 2 aromatic rings. The van der Waals surface area contributed by atoms with Gasteiger partial charge in [0, 0.05) is 12.3 Å². The molecule has 8 heteroatoms. The molecule has 0 saturated heterocycles. The maximum atomic E-state index is 10.9. The average molecular weight is 258 g/mol. The van der Waals surface area contributed by atoms with Crippen LogP contribution in [-0.2, 0) is 0 Å². The lowest BCUT2D eigenvalue weighted by Gasteiger charge is -2.03. The molecular weight excluding hydrogens is 252 g/mol. The van der Waals surface area contributed by atoms with Crippen LogP contribution >= 0.6 is 0 Å². The highest BCUT2D eigenvalue weighted by atomic mass is 16.6. The zero-order valence-electron chi connectivity index (χ0n) is 9.35. The van der Waals surface area contributed by atoms with Gasteiger partial charge in [-0.05, 0) is 18.2 Å². The molecule has 94 valence electrons. The summed E-state index contributed by atoms with van der Waals surface area (Å²) in [6.45, 7) is 0. The molecule has 1 aromatic carbocycles. The molecule has 0 bridgehead atoms. The first-order valence-electron chi connectivity index (χ1n) is 5.01. The highest BCUT2D eigenvalue weighted by Crippen LogP contribution is 2.23. The summed E-state index contributed by atoms with van der Waals surface area (Å²) in [7, 11) is 0. The quantitative estimate of drug-likeness (QED) is 0.654. The summed E-state index contributed by atoms with van der Waals surface area (Å²) in [5, 5.41) is 32.2. The lowest BCUT2D eigenvalue weighted by Crippen LogP contribution is -2.04. The maximum Gasteiger partial charge on any atom is 0.356 e. The number of aromatic nitrogens is 2. The molecule has 0 unspecified atom stereocenters. The van der Waals surface area contributed by atoms with Crippen molar-refractivity contribution in [2.75, 3.05) is 0 Å². The Morgan fingerprint density at radius 1 is 1.47 bits per heavy atom. The minimum Gasteiger partial charge on any atom is -0.476 e. The van der Waals surface area contributed by atoms with Crippen molar-refractivity contribution in [3.63, 3.8) is 0 Å². The van der Waals surface area contributed by atoms with Gasteiger partial charge < -0.3 is 5.11 Å². The molecule has 8 nitrogen and oxygen atoms in total. The molecule has 0 radical (unpaired) electrons. The molecule has 0 atom stereocenters. The van der Waals surface area contributed by atoms with Gasteiger partial charge in [0.2, 0.25) is 0 Å². The number of carboxylic acids is 1. The molecule has 19 heavy (non-hydrogen) atoms. The predicted octanol–water partition coefficient (Wildman–Crippen LogP) is 1.35. The molecule has 0 aliphatic heterocycles. The number of rotatable bonds is 3. The van der Waals surface area contributed by atoms with Crippen LogP contribution in [0.4, 0.5) is 5.69 Å². The van der Waals surface area contributed by atoms with Gasteiger partial charge in [-0.2, -0.15) is 10.4 Å². The van der Waals surface area contributed by atoms with E-state index in [9.17, 15) is 14.9 Å². The van der Waals surface area contributed by atoms with Crippen LogP contribution in [0.25, 0.3) is 5.69 Å². The fourth-order valence-corrected chi connectivity index (χ4v) is 1.50. The number of nitro groups is 1.